The van der Waals surface area contributed by atoms with Crippen LogP contribution in [-0.2, 0) is 11.3 Å². The van der Waals surface area contributed by atoms with Crippen molar-refractivity contribution < 1.29 is 4.79 Å². The first-order chi connectivity index (χ1) is 14.1. The Labute approximate surface area is 172 Å². The summed E-state index contributed by atoms with van der Waals surface area (Å²) >= 11 is 0. The van der Waals surface area contributed by atoms with Crippen molar-refractivity contribution in [2.24, 2.45) is 0 Å². The zero-order valence-electron chi connectivity index (χ0n) is 17.2. The predicted molar refractivity (Wildman–Crippen MR) is 117 cm³/mol. The fraction of sp³-hybridized carbons (Fsp3) is 0.333. The average Bonchev–Trinajstić information content (AvgIpc) is 3.21. The topological polar surface area (TPSA) is 41.4 Å². The van der Waals surface area contributed by atoms with Crippen LogP contribution in [0, 0.1) is 13.8 Å². The Bertz CT molecular complexity index is 972. The highest BCUT2D eigenvalue weighted by Gasteiger charge is 2.22. The lowest BCUT2D eigenvalue weighted by Gasteiger charge is -2.37. The second kappa shape index (κ2) is 8.52. The minimum Gasteiger partial charge on any atom is -0.368 e. The molecule has 5 nitrogen and oxygen atoms in total. The molecule has 1 fully saturated rings. The van der Waals surface area contributed by atoms with Gasteiger partial charge in [0.25, 0.3) is 0 Å². The van der Waals surface area contributed by atoms with E-state index in [0.717, 1.165) is 37.6 Å². The smallest absolute Gasteiger partial charge is 0.224 e. The third kappa shape index (κ3) is 4.34. The van der Waals surface area contributed by atoms with Gasteiger partial charge in [0.15, 0.2) is 0 Å². The van der Waals surface area contributed by atoms with Gasteiger partial charge in [0.1, 0.15) is 5.82 Å². The SMILES string of the molecule is Cc1ccc(N2CCN(C(=O)CCn3ccnc3-c3ccccc3)CC2)c(C)c1. The molecule has 1 aliphatic rings. The lowest BCUT2D eigenvalue weighted by atomic mass is 10.1. The van der Waals surface area contributed by atoms with Gasteiger partial charge in [-0.15, -0.1) is 0 Å². The molecule has 0 aliphatic carbocycles. The van der Waals surface area contributed by atoms with Crippen LogP contribution in [0.5, 0.6) is 0 Å². The van der Waals surface area contributed by atoms with E-state index >= 15 is 0 Å². The molecule has 2 aromatic carbocycles. The summed E-state index contributed by atoms with van der Waals surface area (Å²) in [7, 11) is 0. The number of aromatic nitrogens is 2. The molecule has 4 rings (SSSR count). The van der Waals surface area contributed by atoms with Gasteiger partial charge in [-0.3, -0.25) is 4.79 Å². The molecule has 0 N–H and O–H groups in total. The van der Waals surface area contributed by atoms with E-state index in [1.807, 2.05) is 41.4 Å². The molecule has 0 radical (unpaired) electrons. The molecule has 1 aromatic heterocycles. The zero-order valence-corrected chi connectivity index (χ0v) is 17.2. The van der Waals surface area contributed by atoms with Crippen molar-refractivity contribution in [3.63, 3.8) is 0 Å². The van der Waals surface area contributed by atoms with Crippen LogP contribution >= 0.6 is 0 Å². The molecular formula is C24H28N4O. The van der Waals surface area contributed by atoms with Crippen molar-refractivity contribution in [2.75, 3.05) is 31.1 Å². The maximum atomic E-state index is 12.8. The zero-order chi connectivity index (χ0) is 20.2. The Hall–Kier alpha value is -3.08. The van der Waals surface area contributed by atoms with Gasteiger partial charge in [-0.2, -0.15) is 0 Å². The number of hydrogen-bond acceptors (Lipinski definition) is 3. The van der Waals surface area contributed by atoms with E-state index in [4.69, 9.17) is 0 Å². The molecule has 2 heterocycles. The number of imidazole rings is 1. The number of hydrogen-bond donors (Lipinski definition) is 0. The average molecular weight is 389 g/mol. The van der Waals surface area contributed by atoms with Gasteiger partial charge in [0.2, 0.25) is 5.91 Å². The van der Waals surface area contributed by atoms with Crippen LogP contribution in [-0.4, -0.2) is 46.5 Å². The second-order valence-corrected chi connectivity index (χ2v) is 7.72. The summed E-state index contributed by atoms with van der Waals surface area (Å²) in [6.45, 7) is 8.27. The van der Waals surface area contributed by atoms with Gasteiger partial charge >= 0.3 is 0 Å². The van der Waals surface area contributed by atoms with E-state index in [1.165, 1.54) is 16.8 Å². The Morgan fingerprint density at radius 2 is 1.76 bits per heavy atom. The number of aryl methyl sites for hydroxylation is 3. The third-order valence-corrected chi connectivity index (χ3v) is 5.64. The molecule has 29 heavy (non-hydrogen) atoms. The van der Waals surface area contributed by atoms with E-state index < -0.39 is 0 Å². The maximum Gasteiger partial charge on any atom is 0.224 e. The molecule has 0 spiro atoms. The van der Waals surface area contributed by atoms with Gasteiger partial charge in [0, 0.05) is 62.8 Å². The van der Waals surface area contributed by atoms with Crippen molar-refractivity contribution in [1.82, 2.24) is 14.5 Å². The van der Waals surface area contributed by atoms with Crippen LogP contribution in [0.15, 0.2) is 60.9 Å². The van der Waals surface area contributed by atoms with E-state index in [0.29, 0.717) is 13.0 Å². The molecule has 0 saturated carbocycles. The summed E-state index contributed by atoms with van der Waals surface area (Å²) < 4.78 is 2.07. The molecule has 1 amide bonds. The number of nitrogens with zero attached hydrogens (tertiary/aromatic N) is 4. The molecule has 3 aromatic rings. The molecular weight excluding hydrogens is 360 g/mol. The Kier molecular flexibility index (Phi) is 5.65. The summed E-state index contributed by atoms with van der Waals surface area (Å²) in [5.74, 6) is 1.14. The lowest BCUT2D eigenvalue weighted by molar-refractivity contribution is -0.131. The van der Waals surface area contributed by atoms with Crippen molar-refractivity contribution in [1.29, 1.82) is 0 Å². The number of benzene rings is 2. The maximum absolute atomic E-state index is 12.8. The number of anilines is 1. The quantitative estimate of drug-likeness (QED) is 0.666. The molecule has 150 valence electrons. The summed E-state index contributed by atoms with van der Waals surface area (Å²) in [4.78, 5) is 21.6. The van der Waals surface area contributed by atoms with Crippen LogP contribution in [0.3, 0.4) is 0 Å². The van der Waals surface area contributed by atoms with Gasteiger partial charge < -0.3 is 14.4 Å². The Balaban J connectivity index is 1.33. The van der Waals surface area contributed by atoms with Crippen LogP contribution in [0.25, 0.3) is 11.4 Å². The highest BCUT2D eigenvalue weighted by molar-refractivity contribution is 5.76. The van der Waals surface area contributed by atoms with E-state index in [1.54, 1.807) is 6.20 Å². The normalized spacial score (nSPS) is 14.3. The summed E-state index contributed by atoms with van der Waals surface area (Å²) in [5, 5.41) is 0. The van der Waals surface area contributed by atoms with Crippen molar-refractivity contribution in [3.05, 3.63) is 72.1 Å². The summed E-state index contributed by atoms with van der Waals surface area (Å²) in [6.07, 6.45) is 4.25. The van der Waals surface area contributed by atoms with Crippen LogP contribution in [0.2, 0.25) is 0 Å². The van der Waals surface area contributed by atoms with Crippen molar-refractivity contribution in [2.45, 2.75) is 26.8 Å². The first kappa shape index (κ1) is 19.2. The fourth-order valence-electron chi connectivity index (χ4n) is 4.07. The number of amides is 1. The minimum absolute atomic E-state index is 0.220. The predicted octanol–water partition coefficient (Wildman–Crippen LogP) is 3.91. The standard InChI is InChI=1S/C24H28N4O/c1-19-8-9-22(20(2)18-19)26-14-16-27(17-15-26)23(29)10-12-28-13-11-25-24(28)21-6-4-3-5-7-21/h3-9,11,13,18H,10,12,14-17H2,1-2H3. The van der Waals surface area contributed by atoms with Crippen LogP contribution in [0.1, 0.15) is 17.5 Å². The summed E-state index contributed by atoms with van der Waals surface area (Å²) in [6, 6.07) is 16.7. The monoisotopic (exact) mass is 388 g/mol. The largest absolute Gasteiger partial charge is 0.368 e. The molecule has 5 heteroatoms. The van der Waals surface area contributed by atoms with Crippen LogP contribution in [0.4, 0.5) is 5.69 Å². The van der Waals surface area contributed by atoms with Crippen molar-refractivity contribution in [3.8, 4) is 11.4 Å². The van der Waals surface area contributed by atoms with Crippen LogP contribution < -0.4 is 4.90 Å². The highest BCUT2D eigenvalue weighted by Crippen LogP contribution is 2.23. The van der Waals surface area contributed by atoms with Gasteiger partial charge in [-0.25, -0.2) is 4.98 Å². The lowest BCUT2D eigenvalue weighted by Crippen LogP contribution is -2.49. The fourth-order valence-corrected chi connectivity index (χ4v) is 4.07. The molecule has 0 bridgehead atoms. The summed E-state index contributed by atoms with van der Waals surface area (Å²) in [5.41, 5.74) is 4.95. The number of carbonyl (C=O) groups excluding carboxylic acids is 1. The Morgan fingerprint density at radius 3 is 2.48 bits per heavy atom. The number of carbonyl (C=O) groups is 1. The Morgan fingerprint density at radius 1 is 1.00 bits per heavy atom. The first-order valence-corrected chi connectivity index (χ1v) is 10.3. The third-order valence-electron chi connectivity index (χ3n) is 5.64. The number of rotatable bonds is 5. The molecule has 1 aliphatic heterocycles. The van der Waals surface area contributed by atoms with E-state index in [-0.39, 0.29) is 5.91 Å². The van der Waals surface area contributed by atoms with Crippen molar-refractivity contribution >= 4 is 11.6 Å². The van der Waals surface area contributed by atoms with E-state index in [2.05, 4.69) is 46.5 Å². The number of piperazine rings is 1. The van der Waals surface area contributed by atoms with Gasteiger partial charge in [-0.1, -0.05) is 48.0 Å². The van der Waals surface area contributed by atoms with E-state index in [9.17, 15) is 4.79 Å². The van der Waals surface area contributed by atoms with Gasteiger partial charge in [0.05, 0.1) is 0 Å². The molecule has 0 unspecified atom stereocenters. The van der Waals surface area contributed by atoms with Gasteiger partial charge in [-0.05, 0) is 25.5 Å². The minimum atomic E-state index is 0.220. The second-order valence-electron chi connectivity index (χ2n) is 7.72. The highest BCUT2D eigenvalue weighted by atomic mass is 16.2. The molecule has 1 saturated heterocycles. The molecule has 0 atom stereocenters. The first-order valence-electron chi connectivity index (χ1n) is 10.3.